The molecule has 1 N–H and O–H groups in total. The first-order chi connectivity index (χ1) is 14.9. The second-order valence-corrected chi connectivity index (χ2v) is 9.55. The normalized spacial score (nSPS) is 31.4. The van der Waals surface area contributed by atoms with Gasteiger partial charge in [-0.25, -0.2) is 4.90 Å². The standard InChI is InChI=1S/C24H22ClN3O3/c1-12-5-3-6-14(9-12)28-21(29)18-17-7-4-8-27(17)24(19(18)22(28)30)15-10-13(2)11-16(25)20(15)26-23(24)31/h3,5-6,9-11,17-19H,4,7-8H2,1-2H3,(H,26,31)/t17-,18+,19-,24-/m0/s1. The molecule has 4 aliphatic heterocycles. The number of anilines is 2. The number of hydrogen-bond acceptors (Lipinski definition) is 4. The van der Waals surface area contributed by atoms with Crippen molar-refractivity contribution in [2.75, 3.05) is 16.8 Å². The van der Waals surface area contributed by atoms with Crippen LogP contribution in [0.25, 0.3) is 0 Å². The summed E-state index contributed by atoms with van der Waals surface area (Å²) in [5.41, 5.74) is 2.57. The Morgan fingerprint density at radius 1 is 1.06 bits per heavy atom. The zero-order chi connectivity index (χ0) is 21.7. The van der Waals surface area contributed by atoms with Crippen molar-refractivity contribution in [3.8, 4) is 0 Å². The molecule has 3 fully saturated rings. The Balaban J connectivity index is 1.58. The average molecular weight is 436 g/mol. The van der Waals surface area contributed by atoms with Gasteiger partial charge in [-0.3, -0.25) is 19.3 Å². The van der Waals surface area contributed by atoms with Crippen molar-refractivity contribution in [1.82, 2.24) is 4.90 Å². The summed E-state index contributed by atoms with van der Waals surface area (Å²) < 4.78 is 0. The number of imide groups is 1. The third kappa shape index (κ3) is 2.19. The van der Waals surface area contributed by atoms with E-state index in [0.29, 0.717) is 22.9 Å². The van der Waals surface area contributed by atoms with E-state index in [1.165, 1.54) is 4.90 Å². The predicted octanol–water partition coefficient (Wildman–Crippen LogP) is 3.39. The number of aryl methyl sites for hydroxylation is 2. The third-order valence-corrected chi connectivity index (χ3v) is 7.76. The lowest BCUT2D eigenvalue weighted by Gasteiger charge is -2.36. The van der Waals surface area contributed by atoms with Crippen molar-refractivity contribution >= 4 is 40.7 Å². The molecule has 6 rings (SSSR count). The lowest BCUT2D eigenvalue weighted by Crippen LogP contribution is -2.54. The summed E-state index contributed by atoms with van der Waals surface area (Å²) in [7, 11) is 0. The van der Waals surface area contributed by atoms with Crippen molar-refractivity contribution in [3.05, 3.63) is 58.1 Å². The maximum Gasteiger partial charge on any atom is 0.250 e. The number of carbonyl (C=O) groups is 3. The Bertz CT molecular complexity index is 1190. The first-order valence-electron chi connectivity index (χ1n) is 10.7. The van der Waals surface area contributed by atoms with Gasteiger partial charge in [-0.1, -0.05) is 29.8 Å². The molecule has 4 heterocycles. The highest BCUT2D eigenvalue weighted by molar-refractivity contribution is 6.35. The summed E-state index contributed by atoms with van der Waals surface area (Å²) in [6, 6.07) is 11.0. The van der Waals surface area contributed by atoms with Gasteiger partial charge in [-0.15, -0.1) is 0 Å². The first kappa shape index (κ1) is 19.0. The highest BCUT2D eigenvalue weighted by atomic mass is 35.5. The van der Waals surface area contributed by atoms with Gasteiger partial charge < -0.3 is 5.32 Å². The summed E-state index contributed by atoms with van der Waals surface area (Å²) in [4.78, 5) is 44.6. The predicted molar refractivity (Wildman–Crippen MR) is 117 cm³/mol. The number of nitrogens with one attached hydrogen (secondary N) is 1. The molecule has 158 valence electrons. The van der Waals surface area contributed by atoms with E-state index < -0.39 is 17.4 Å². The Hall–Kier alpha value is -2.70. The molecule has 2 aromatic rings. The van der Waals surface area contributed by atoms with Gasteiger partial charge in [0.15, 0.2) is 0 Å². The van der Waals surface area contributed by atoms with Crippen LogP contribution in [-0.2, 0) is 19.9 Å². The van der Waals surface area contributed by atoms with E-state index in [9.17, 15) is 14.4 Å². The second-order valence-electron chi connectivity index (χ2n) is 9.15. The first-order valence-corrected chi connectivity index (χ1v) is 11.1. The number of nitrogens with zero attached hydrogens (tertiary/aromatic N) is 2. The molecule has 1 spiro atoms. The quantitative estimate of drug-likeness (QED) is 0.697. The Labute approximate surface area is 185 Å². The summed E-state index contributed by atoms with van der Waals surface area (Å²) in [6.45, 7) is 4.54. The highest BCUT2D eigenvalue weighted by Crippen LogP contribution is 2.61. The summed E-state index contributed by atoms with van der Waals surface area (Å²) in [5, 5.41) is 3.42. The fourth-order valence-corrected chi connectivity index (χ4v) is 6.74. The Kier molecular flexibility index (Phi) is 3.79. The maximum absolute atomic E-state index is 13.9. The smallest absolute Gasteiger partial charge is 0.250 e. The second kappa shape index (κ2) is 6.17. The van der Waals surface area contributed by atoms with E-state index in [4.69, 9.17) is 11.6 Å². The summed E-state index contributed by atoms with van der Waals surface area (Å²) >= 11 is 6.50. The molecule has 6 nitrogen and oxygen atoms in total. The maximum atomic E-state index is 13.9. The number of carbonyl (C=O) groups excluding carboxylic acids is 3. The van der Waals surface area contributed by atoms with Crippen LogP contribution in [0, 0.1) is 25.7 Å². The summed E-state index contributed by atoms with van der Waals surface area (Å²) in [6.07, 6.45) is 1.69. The van der Waals surface area contributed by atoms with Crippen LogP contribution in [0.3, 0.4) is 0 Å². The van der Waals surface area contributed by atoms with Crippen molar-refractivity contribution in [3.63, 3.8) is 0 Å². The minimum atomic E-state index is -1.19. The number of amides is 3. The van der Waals surface area contributed by atoms with Gasteiger partial charge >= 0.3 is 0 Å². The van der Waals surface area contributed by atoms with Gasteiger partial charge in [0.25, 0.3) is 5.91 Å². The van der Waals surface area contributed by atoms with Gasteiger partial charge in [0.2, 0.25) is 11.8 Å². The van der Waals surface area contributed by atoms with E-state index in [-0.39, 0.29) is 23.8 Å². The van der Waals surface area contributed by atoms with Crippen molar-refractivity contribution in [2.45, 2.75) is 38.3 Å². The van der Waals surface area contributed by atoms with Gasteiger partial charge in [0.05, 0.1) is 28.2 Å². The fourth-order valence-electron chi connectivity index (χ4n) is 6.42. The van der Waals surface area contributed by atoms with Crippen molar-refractivity contribution < 1.29 is 14.4 Å². The highest BCUT2D eigenvalue weighted by Gasteiger charge is 2.74. The van der Waals surface area contributed by atoms with Gasteiger partial charge in [-0.05, 0) is 62.6 Å². The SMILES string of the molecule is Cc1cccc(N2C(=O)[C@H]3[C@@H](C2=O)[C@@]2(C(=O)Nc4c(Cl)cc(C)cc42)N2CCC[C@@H]32)c1. The lowest BCUT2D eigenvalue weighted by atomic mass is 9.75. The number of rotatable bonds is 1. The molecule has 3 saturated heterocycles. The monoisotopic (exact) mass is 435 g/mol. The molecular weight excluding hydrogens is 414 g/mol. The molecule has 4 atom stereocenters. The van der Waals surface area contributed by atoms with Crippen LogP contribution in [0.1, 0.15) is 29.5 Å². The van der Waals surface area contributed by atoms with Crippen LogP contribution in [-0.4, -0.2) is 35.2 Å². The van der Waals surface area contributed by atoms with Gasteiger partial charge in [0, 0.05) is 11.6 Å². The Morgan fingerprint density at radius 3 is 2.65 bits per heavy atom. The Morgan fingerprint density at radius 2 is 1.87 bits per heavy atom. The molecular formula is C24H22ClN3O3. The van der Waals surface area contributed by atoms with Crippen LogP contribution in [0.15, 0.2) is 36.4 Å². The molecule has 31 heavy (non-hydrogen) atoms. The molecule has 0 bridgehead atoms. The van der Waals surface area contributed by atoms with E-state index in [0.717, 1.165) is 29.5 Å². The van der Waals surface area contributed by atoms with Crippen LogP contribution in [0.5, 0.6) is 0 Å². The minimum absolute atomic E-state index is 0.132. The van der Waals surface area contributed by atoms with E-state index in [1.807, 2.05) is 44.2 Å². The summed E-state index contributed by atoms with van der Waals surface area (Å²) in [5.74, 6) is -2.04. The van der Waals surface area contributed by atoms with E-state index in [2.05, 4.69) is 10.2 Å². The van der Waals surface area contributed by atoms with Crippen LogP contribution >= 0.6 is 11.6 Å². The van der Waals surface area contributed by atoms with Crippen molar-refractivity contribution in [2.24, 2.45) is 11.8 Å². The zero-order valence-corrected chi connectivity index (χ0v) is 18.1. The molecule has 7 heteroatoms. The molecule has 0 unspecified atom stereocenters. The zero-order valence-electron chi connectivity index (χ0n) is 17.3. The number of hydrogen-bond donors (Lipinski definition) is 1. The number of benzene rings is 2. The van der Waals surface area contributed by atoms with Crippen LogP contribution < -0.4 is 10.2 Å². The molecule has 4 aliphatic rings. The fraction of sp³-hybridized carbons (Fsp3) is 0.375. The van der Waals surface area contributed by atoms with Gasteiger partial charge in [0.1, 0.15) is 5.54 Å². The number of halogens is 1. The molecule has 2 aromatic carbocycles. The average Bonchev–Trinajstić information content (AvgIpc) is 3.41. The largest absolute Gasteiger partial charge is 0.323 e. The van der Waals surface area contributed by atoms with Gasteiger partial charge in [-0.2, -0.15) is 0 Å². The number of fused-ring (bicyclic) bond motifs is 7. The third-order valence-electron chi connectivity index (χ3n) is 7.46. The van der Waals surface area contributed by atoms with E-state index >= 15 is 0 Å². The molecule has 0 radical (unpaired) electrons. The van der Waals surface area contributed by atoms with Crippen LogP contribution in [0.2, 0.25) is 5.02 Å². The van der Waals surface area contributed by atoms with Crippen LogP contribution in [0.4, 0.5) is 11.4 Å². The molecule has 0 saturated carbocycles. The van der Waals surface area contributed by atoms with E-state index in [1.54, 1.807) is 6.07 Å². The molecule has 0 aliphatic carbocycles. The molecule has 3 amide bonds. The topological polar surface area (TPSA) is 69.7 Å². The lowest BCUT2D eigenvalue weighted by molar-refractivity contribution is -0.135. The molecule has 0 aromatic heterocycles. The minimum Gasteiger partial charge on any atom is -0.323 e. The van der Waals surface area contributed by atoms with Crippen molar-refractivity contribution in [1.29, 1.82) is 0 Å².